The van der Waals surface area contributed by atoms with Gasteiger partial charge in [0.15, 0.2) is 11.5 Å². The number of hydrogen-bond donors (Lipinski definition) is 1. The lowest BCUT2D eigenvalue weighted by molar-refractivity contribution is -0.138. The van der Waals surface area contributed by atoms with Crippen molar-refractivity contribution in [3.8, 4) is 11.5 Å². The average Bonchev–Trinajstić information content (AvgIpc) is 3.58. The van der Waals surface area contributed by atoms with E-state index in [9.17, 15) is 14.4 Å². The van der Waals surface area contributed by atoms with Crippen molar-refractivity contribution in [1.82, 2.24) is 15.1 Å². The summed E-state index contributed by atoms with van der Waals surface area (Å²) >= 11 is 0. The Morgan fingerprint density at radius 1 is 1.19 bits per heavy atom. The highest BCUT2D eigenvalue weighted by molar-refractivity contribution is 6.09. The third-order valence-corrected chi connectivity index (χ3v) is 6.29. The third kappa shape index (κ3) is 3.86. The van der Waals surface area contributed by atoms with E-state index in [4.69, 9.17) is 9.47 Å². The molecule has 166 valence electrons. The predicted molar refractivity (Wildman–Crippen MR) is 114 cm³/mol. The minimum atomic E-state index is -1.29. The normalized spacial score (nSPS) is 23.3. The molecule has 0 aromatic heterocycles. The monoisotopic (exact) mass is 427 g/mol. The van der Waals surface area contributed by atoms with Crippen LogP contribution in [0.2, 0.25) is 0 Å². The number of imide groups is 1. The molecule has 31 heavy (non-hydrogen) atoms. The first-order valence-corrected chi connectivity index (χ1v) is 10.8. The maximum Gasteiger partial charge on any atom is 0.325 e. The Morgan fingerprint density at radius 3 is 2.55 bits per heavy atom. The second-order valence-electron chi connectivity index (χ2n) is 8.45. The maximum atomic E-state index is 13.3. The first-order valence-electron chi connectivity index (χ1n) is 10.8. The molecule has 1 atom stereocenters. The molecule has 3 aliphatic rings. The lowest BCUT2D eigenvalue weighted by Gasteiger charge is -2.29. The molecule has 1 N–H and O–H groups in total. The van der Waals surface area contributed by atoms with E-state index in [2.05, 4.69) is 11.4 Å². The van der Waals surface area contributed by atoms with Gasteiger partial charge in [-0.1, -0.05) is 12.1 Å². The summed E-state index contributed by atoms with van der Waals surface area (Å²) in [5.74, 6) is 0.337. The number of amides is 4. The summed E-state index contributed by atoms with van der Waals surface area (Å²) in [5, 5.41) is 2.76. The number of nitrogens with zero attached hydrogens (tertiary/aromatic N) is 2. The zero-order valence-electron chi connectivity index (χ0n) is 18.3. The van der Waals surface area contributed by atoms with E-state index in [1.807, 2.05) is 4.90 Å². The molecule has 2 fully saturated rings. The highest BCUT2D eigenvalue weighted by atomic mass is 16.5. The van der Waals surface area contributed by atoms with Crippen LogP contribution in [0.4, 0.5) is 4.79 Å². The number of nitrogens with one attached hydrogen (secondary N) is 1. The molecule has 0 radical (unpaired) electrons. The highest BCUT2D eigenvalue weighted by Crippen LogP contribution is 2.37. The fraction of sp³-hybridized carbons (Fsp3) is 0.522. The molecule has 8 heteroatoms. The Balaban J connectivity index is 1.55. The molecule has 1 saturated carbocycles. The van der Waals surface area contributed by atoms with Gasteiger partial charge in [0.05, 0.1) is 14.2 Å². The zero-order chi connectivity index (χ0) is 22.2. The number of carbonyl (C=O) groups excluding carboxylic acids is 3. The molecule has 0 spiro atoms. The van der Waals surface area contributed by atoms with Gasteiger partial charge in [0.25, 0.3) is 5.91 Å². The summed E-state index contributed by atoms with van der Waals surface area (Å²) < 4.78 is 10.6. The number of carbonyl (C=O) groups is 3. The number of methoxy groups -OCH3 is 2. The third-order valence-electron chi connectivity index (χ3n) is 6.29. The van der Waals surface area contributed by atoms with Crippen LogP contribution in [0.15, 0.2) is 30.0 Å². The van der Waals surface area contributed by atoms with Crippen molar-refractivity contribution in [2.24, 2.45) is 0 Å². The Morgan fingerprint density at radius 2 is 1.94 bits per heavy atom. The van der Waals surface area contributed by atoms with Crippen molar-refractivity contribution in [2.75, 3.05) is 20.8 Å². The van der Waals surface area contributed by atoms with E-state index in [0.717, 1.165) is 49.1 Å². The number of allylic oxidation sites excluding steroid dienone is 2. The van der Waals surface area contributed by atoms with Crippen LogP contribution >= 0.6 is 0 Å². The van der Waals surface area contributed by atoms with Crippen molar-refractivity contribution in [3.05, 3.63) is 35.5 Å². The lowest BCUT2D eigenvalue weighted by Crippen LogP contribution is -2.45. The van der Waals surface area contributed by atoms with E-state index < -0.39 is 17.5 Å². The molecule has 1 unspecified atom stereocenters. The van der Waals surface area contributed by atoms with Gasteiger partial charge < -0.3 is 19.7 Å². The summed E-state index contributed by atoms with van der Waals surface area (Å²) in [4.78, 5) is 42.0. The molecule has 1 saturated heterocycles. The largest absolute Gasteiger partial charge is 0.493 e. The zero-order valence-corrected chi connectivity index (χ0v) is 18.3. The molecule has 4 rings (SSSR count). The highest BCUT2D eigenvalue weighted by Gasteiger charge is 2.50. The van der Waals surface area contributed by atoms with E-state index >= 15 is 0 Å². The van der Waals surface area contributed by atoms with E-state index in [-0.39, 0.29) is 18.5 Å². The number of benzene rings is 1. The molecule has 8 nitrogen and oxygen atoms in total. The summed E-state index contributed by atoms with van der Waals surface area (Å²) in [7, 11) is 3.04. The second-order valence-corrected chi connectivity index (χ2v) is 8.45. The summed E-state index contributed by atoms with van der Waals surface area (Å²) in [6, 6.07) is 4.70. The molecule has 2 aliphatic carbocycles. The van der Waals surface area contributed by atoms with Crippen molar-refractivity contribution < 1.29 is 23.9 Å². The lowest BCUT2D eigenvalue weighted by atomic mass is 9.91. The van der Waals surface area contributed by atoms with Crippen LogP contribution in [0.5, 0.6) is 11.5 Å². The fourth-order valence-electron chi connectivity index (χ4n) is 4.37. The van der Waals surface area contributed by atoms with Crippen LogP contribution < -0.4 is 14.8 Å². The van der Waals surface area contributed by atoms with Gasteiger partial charge in [-0.2, -0.15) is 0 Å². The summed E-state index contributed by atoms with van der Waals surface area (Å²) in [5.41, 5.74) is 0.312. The van der Waals surface area contributed by atoms with Gasteiger partial charge in [-0.15, -0.1) is 0 Å². The summed E-state index contributed by atoms with van der Waals surface area (Å²) in [6.07, 6.45) is 8.08. The topological polar surface area (TPSA) is 88.2 Å². The molecule has 1 heterocycles. The Labute approximate surface area is 182 Å². The van der Waals surface area contributed by atoms with Crippen LogP contribution in [0.1, 0.15) is 51.0 Å². The molecule has 0 bridgehead atoms. The molecular weight excluding hydrogens is 398 g/mol. The van der Waals surface area contributed by atoms with Gasteiger partial charge in [0.1, 0.15) is 12.1 Å². The molecule has 1 aromatic carbocycles. The molecule has 1 aliphatic heterocycles. The maximum absolute atomic E-state index is 13.3. The number of hydrogen-bond acceptors (Lipinski definition) is 5. The fourth-order valence-corrected chi connectivity index (χ4v) is 4.37. The minimum Gasteiger partial charge on any atom is -0.493 e. The van der Waals surface area contributed by atoms with Gasteiger partial charge >= 0.3 is 6.03 Å². The van der Waals surface area contributed by atoms with Crippen LogP contribution in [0.3, 0.4) is 0 Å². The smallest absolute Gasteiger partial charge is 0.325 e. The minimum absolute atomic E-state index is 0.190. The quantitative estimate of drug-likeness (QED) is 0.676. The van der Waals surface area contributed by atoms with Crippen molar-refractivity contribution in [1.29, 1.82) is 0 Å². The van der Waals surface area contributed by atoms with Gasteiger partial charge in [0.2, 0.25) is 5.91 Å². The van der Waals surface area contributed by atoms with Crippen molar-refractivity contribution in [3.63, 3.8) is 0 Å². The van der Waals surface area contributed by atoms with Crippen molar-refractivity contribution >= 4 is 17.8 Å². The Hall–Kier alpha value is -3.03. The molecular formula is C23H29N3O5. The Kier molecular flexibility index (Phi) is 5.64. The number of urea groups is 1. The predicted octanol–water partition coefficient (Wildman–Crippen LogP) is 2.92. The van der Waals surface area contributed by atoms with Crippen LogP contribution in [0.25, 0.3) is 0 Å². The first-order chi connectivity index (χ1) is 14.9. The average molecular weight is 428 g/mol. The number of ether oxygens (including phenoxy) is 2. The van der Waals surface area contributed by atoms with Crippen LogP contribution in [0, 0.1) is 0 Å². The van der Waals surface area contributed by atoms with E-state index in [1.54, 1.807) is 25.1 Å². The number of rotatable bonds is 7. The summed E-state index contributed by atoms with van der Waals surface area (Å²) in [6.45, 7) is 1.38. The van der Waals surface area contributed by atoms with Crippen molar-refractivity contribution in [2.45, 2.75) is 57.0 Å². The van der Waals surface area contributed by atoms with Crippen LogP contribution in [-0.4, -0.2) is 54.5 Å². The molecule has 1 aromatic rings. The van der Waals surface area contributed by atoms with Gasteiger partial charge in [-0.25, -0.2) is 4.79 Å². The first kappa shape index (κ1) is 21.2. The van der Waals surface area contributed by atoms with E-state index in [1.165, 1.54) is 14.2 Å². The van der Waals surface area contributed by atoms with Gasteiger partial charge in [-0.3, -0.25) is 14.5 Å². The SMILES string of the molecule is COc1ccc(C2(C)NC(=O)N(CC(=O)N(C3=CCCCC3)C3CC3)C2=O)cc1OC. The van der Waals surface area contributed by atoms with Gasteiger partial charge in [-0.05, 0) is 63.1 Å². The Bertz CT molecular complexity index is 939. The van der Waals surface area contributed by atoms with E-state index in [0.29, 0.717) is 17.1 Å². The van der Waals surface area contributed by atoms with Gasteiger partial charge in [0, 0.05) is 11.7 Å². The molecule has 4 amide bonds. The standard InChI is InChI=1S/C23H29N3O5/c1-23(15-9-12-18(30-2)19(13-15)31-3)21(28)25(22(29)24-23)14-20(27)26(17-10-11-17)16-7-5-4-6-8-16/h7,9,12-13,17H,4-6,8,10-11,14H2,1-3H3,(H,24,29). The van der Waals surface area contributed by atoms with Crippen LogP contribution in [-0.2, 0) is 15.1 Å². The second kappa shape index (κ2) is 8.24.